The number of hydrogen-bond donors (Lipinski definition) is 4. The van der Waals surface area contributed by atoms with E-state index in [0.717, 1.165) is 5.57 Å². The van der Waals surface area contributed by atoms with Crippen LogP contribution in [-0.4, -0.2) is 74.6 Å². The molecule has 0 amide bonds. The van der Waals surface area contributed by atoms with Crippen molar-refractivity contribution >= 4 is 23.7 Å². The number of carbonyl (C=O) groups excluding carboxylic acids is 3. The lowest BCUT2D eigenvalue weighted by molar-refractivity contribution is -0.284. The number of hydrogen-bond acceptors (Lipinski definition) is 9. The van der Waals surface area contributed by atoms with Crippen molar-refractivity contribution in [3.05, 3.63) is 22.8 Å². The van der Waals surface area contributed by atoms with Crippen molar-refractivity contribution in [2.45, 2.75) is 118 Å². The summed E-state index contributed by atoms with van der Waals surface area (Å²) in [6.45, 7) is 13.6. The van der Waals surface area contributed by atoms with Gasteiger partial charge in [-0.15, -0.1) is 0 Å². The first-order valence-electron chi connectivity index (χ1n) is 15.4. The molecule has 4 N–H and O–H groups in total. The summed E-state index contributed by atoms with van der Waals surface area (Å²) in [4.78, 5) is 52.0. The van der Waals surface area contributed by atoms with Gasteiger partial charge in [0.1, 0.15) is 18.3 Å². The van der Waals surface area contributed by atoms with Crippen LogP contribution < -0.4 is 0 Å². The first-order chi connectivity index (χ1) is 19.8. The minimum absolute atomic E-state index is 0.0216. The number of carboxylic acids is 1. The average Bonchev–Trinajstić information content (AvgIpc) is 3.18. The largest absolute Gasteiger partial charge is 0.478 e. The van der Waals surface area contributed by atoms with Gasteiger partial charge in [-0.25, -0.2) is 4.79 Å². The van der Waals surface area contributed by atoms with E-state index in [2.05, 4.69) is 0 Å². The van der Waals surface area contributed by atoms with Crippen molar-refractivity contribution in [3.63, 3.8) is 0 Å². The van der Waals surface area contributed by atoms with Crippen LogP contribution in [0, 0.1) is 39.9 Å². The molecule has 0 aromatic rings. The number of ether oxygens (including phenoxy) is 2. The Labute approximate surface area is 253 Å². The highest BCUT2D eigenvalue weighted by molar-refractivity contribution is 5.92. The Balaban J connectivity index is 1.99. The van der Waals surface area contributed by atoms with Crippen LogP contribution >= 0.6 is 0 Å². The van der Waals surface area contributed by atoms with E-state index in [0.29, 0.717) is 19.3 Å². The molecule has 0 saturated heterocycles. The van der Waals surface area contributed by atoms with E-state index in [1.54, 1.807) is 6.92 Å². The summed E-state index contributed by atoms with van der Waals surface area (Å²) >= 11 is 0. The molecule has 4 rings (SSSR count). The predicted molar refractivity (Wildman–Crippen MR) is 155 cm³/mol. The lowest BCUT2D eigenvalue weighted by Crippen LogP contribution is -2.76. The SMILES string of the molecule is CC(=O)OC1CC2(C)C(C1=C(CCC=C(C)C)C(=O)O)C(O)C(=O)C1C3(C)CCC(O)C(C)C3C(OC(C)=O)C(O)C12C. The number of carboxylic acid groups (broad SMARTS) is 1. The molecule has 0 aliphatic heterocycles. The van der Waals surface area contributed by atoms with E-state index in [9.17, 15) is 39.6 Å². The summed E-state index contributed by atoms with van der Waals surface area (Å²) in [7, 11) is 0. The zero-order valence-electron chi connectivity index (χ0n) is 26.5. The number of aliphatic hydroxyl groups is 3. The Morgan fingerprint density at radius 2 is 1.60 bits per heavy atom. The van der Waals surface area contributed by atoms with Crippen molar-refractivity contribution in [3.8, 4) is 0 Å². The van der Waals surface area contributed by atoms with E-state index in [-0.39, 0.29) is 24.0 Å². The van der Waals surface area contributed by atoms with Gasteiger partial charge in [0.2, 0.25) is 0 Å². The number of fused-ring (bicyclic) bond motifs is 5. The molecule has 0 radical (unpaired) electrons. The summed E-state index contributed by atoms with van der Waals surface area (Å²) in [6.07, 6.45) is -2.62. The van der Waals surface area contributed by atoms with Crippen molar-refractivity contribution in [2.24, 2.45) is 39.9 Å². The van der Waals surface area contributed by atoms with Gasteiger partial charge in [0, 0.05) is 42.6 Å². The van der Waals surface area contributed by atoms with E-state index in [1.807, 2.05) is 40.7 Å². The molecule has 12 atom stereocenters. The molecule has 12 unspecified atom stereocenters. The highest BCUT2D eigenvalue weighted by Crippen LogP contribution is 2.74. The van der Waals surface area contributed by atoms with E-state index in [4.69, 9.17) is 9.47 Å². The summed E-state index contributed by atoms with van der Waals surface area (Å²) in [5.74, 6) is -5.96. The quantitative estimate of drug-likeness (QED) is 0.200. The highest BCUT2D eigenvalue weighted by Gasteiger charge is 2.78. The molecule has 4 saturated carbocycles. The fraction of sp³-hybridized carbons (Fsp3) is 0.758. The van der Waals surface area contributed by atoms with Crippen LogP contribution in [0.25, 0.3) is 0 Å². The zero-order chi connectivity index (χ0) is 32.4. The van der Waals surface area contributed by atoms with Gasteiger partial charge in [0.15, 0.2) is 5.78 Å². The van der Waals surface area contributed by atoms with Crippen LogP contribution in [0.4, 0.5) is 0 Å². The minimum atomic E-state index is -1.62. The zero-order valence-corrected chi connectivity index (χ0v) is 26.5. The second-order valence-corrected chi connectivity index (χ2v) is 14.3. The van der Waals surface area contributed by atoms with Crippen molar-refractivity contribution in [2.75, 3.05) is 0 Å². The van der Waals surface area contributed by atoms with E-state index >= 15 is 0 Å². The standard InChI is InChI=1S/C33H48O10/c1-15(2)10-9-11-19(30(40)41)22-21(42-17(4)34)14-32(7)24(22)25(37)26(38)28-31(6)13-12-20(36)16(3)23(31)27(43-18(5)35)29(39)33(28,32)8/h10,16,20-21,23-25,27-29,36-37,39H,9,11-14H2,1-8H3,(H,40,41). The van der Waals surface area contributed by atoms with Gasteiger partial charge in [-0.3, -0.25) is 14.4 Å². The Hall–Kier alpha value is -2.56. The van der Waals surface area contributed by atoms with Crippen LogP contribution in [-0.2, 0) is 28.7 Å². The Bertz CT molecular complexity index is 1250. The van der Waals surface area contributed by atoms with Gasteiger partial charge < -0.3 is 29.9 Å². The van der Waals surface area contributed by atoms with Gasteiger partial charge in [-0.2, -0.15) is 0 Å². The molecule has 4 fully saturated rings. The Kier molecular flexibility index (Phi) is 8.85. The first kappa shape index (κ1) is 33.3. The van der Waals surface area contributed by atoms with Crippen LogP contribution in [0.1, 0.15) is 87.5 Å². The molecule has 0 heterocycles. The molecular weight excluding hydrogens is 556 g/mol. The molecule has 0 aromatic carbocycles. The van der Waals surface area contributed by atoms with Gasteiger partial charge in [0.25, 0.3) is 0 Å². The van der Waals surface area contributed by atoms with Gasteiger partial charge in [-0.05, 0) is 68.3 Å². The van der Waals surface area contributed by atoms with Gasteiger partial charge >= 0.3 is 17.9 Å². The third-order valence-electron chi connectivity index (χ3n) is 11.7. The molecule has 0 spiro atoms. The first-order valence-corrected chi connectivity index (χ1v) is 15.4. The Morgan fingerprint density at radius 1 is 1.00 bits per heavy atom. The maximum absolute atomic E-state index is 14.5. The number of carbonyl (C=O) groups is 4. The fourth-order valence-electron chi connectivity index (χ4n) is 9.89. The maximum atomic E-state index is 14.5. The number of allylic oxidation sites excluding steroid dienone is 2. The molecular formula is C33H48O10. The van der Waals surface area contributed by atoms with Gasteiger partial charge in [0.05, 0.1) is 12.2 Å². The number of aliphatic carboxylic acids is 1. The topological polar surface area (TPSA) is 168 Å². The fourth-order valence-corrected chi connectivity index (χ4v) is 9.89. The van der Waals surface area contributed by atoms with Crippen molar-refractivity contribution < 1.29 is 49.1 Å². The van der Waals surface area contributed by atoms with Gasteiger partial charge in [-0.1, -0.05) is 39.3 Å². The predicted octanol–water partition coefficient (Wildman–Crippen LogP) is 3.36. The van der Waals surface area contributed by atoms with Crippen LogP contribution in [0.3, 0.4) is 0 Å². The highest BCUT2D eigenvalue weighted by atomic mass is 16.6. The number of aliphatic hydroxyl groups excluding tert-OH is 3. The van der Waals surface area contributed by atoms with Crippen molar-refractivity contribution in [1.82, 2.24) is 0 Å². The molecule has 10 nitrogen and oxygen atoms in total. The summed E-state index contributed by atoms with van der Waals surface area (Å²) in [5.41, 5.74) is -2.17. The summed E-state index contributed by atoms with van der Waals surface area (Å²) in [6, 6.07) is 0. The molecule has 43 heavy (non-hydrogen) atoms. The summed E-state index contributed by atoms with van der Waals surface area (Å²) in [5, 5.41) is 45.5. The van der Waals surface area contributed by atoms with E-state index in [1.165, 1.54) is 13.8 Å². The molecule has 10 heteroatoms. The third kappa shape index (κ3) is 4.97. The number of ketones is 1. The van der Waals surface area contributed by atoms with Crippen LogP contribution in [0.15, 0.2) is 22.8 Å². The molecule has 4 aliphatic rings. The van der Waals surface area contributed by atoms with Crippen LogP contribution in [0.2, 0.25) is 0 Å². The van der Waals surface area contributed by atoms with E-state index < -0.39 is 94.1 Å². The monoisotopic (exact) mass is 604 g/mol. The third-order valence-corrected chi connectivity index (χ3v) is 11.7. The minimum Gasteiger partial charge on any atom is -0.478 e. The molecule has 0 aromatic heterocycles. The Morgan fingerprint density at radius 3 is 2.14 bits per heavy atom. The molecule has 240 valence electrons. The van der Waals surface area contributed by atoms with Crippen LogP contribution in [0.5, 0.6) is 0 Å². The second-order valence-electron chi connectivity index (χ2n) is 14.3. The summed E-state index contributed by atoms with van der Waals surface area (Å²) < 4.78 is 11.6. The second kappa shape index (κ2) is 11.4. The van der Waals surface area contributed by atoms with Crippen molar-refractivity contribution in [1.29, 1.82) is 0 Å². The smallest absolute Gasteiger partial charge is 0.331 e. The lowest BCUT2D eigenvalue weighted by atomic mass is 9.35. The lowest BCUT2D eigenvalue weighted by Gasteiger charge is -2.70. The number of esters is 2. The number of Topliss-reactive ketones (excluding diaryl/α,β-unsaturated/α-hetero) is 1. The normalized spacial score (nSPS) is 44.8. The molecule has 0 bridgehead atoms. The average molecular weight is 605 g/mol. The molecule has 4 aliphatic carbocycles. The number of rotatable bonds is 6. The maximum Gasteiger partial charge on any atom is 0.331 e.